The molecule has 0 radical (unpaired) electrons. The van der Waals surface area contributed by atoms with E-state index in [0.29, 0.717) is 16.7 Å². The van der Waals surface area contributed by atoms with E-state index in [1.807, 2.05) is 0 Å². The predicted octanol–water partition coefficient (Wildman–Crippen LogP) is 3.85. The van der Waals surface area contributed by atoms with Crippen LogP contribution in [0.1, 0.15) is 76.0 Å². The molecular formula is C20H34NO4P. The highest BCUT2D eigenvalue weighted by Gasteiger charge is 2.50. The Balaban J connectivity index is 0.000000431. The second kappa shape index (κ2) is 7.73. The van der Waals surface area contributed by atoms with Gasteiger partial charge in [-0.2, -0.15) is 0 Å². The Hall–Kier alpha value is -0.710. The average Bonchev–Trinajstić information content (AvgIpc) is 2.52. The van der Waals surface area contributed by atoms with Gasteiger partial charge in [0, 0.05) is 0 Å². The molecule has 0 heterocycles. The van der Waals surface area contributed by atoms with E-state index in [9.17, 15) is 0 Å². The molecule has 2 aliphatic carbocycles. The van der Waals surface area contributed by atoms with Crippen LogP contribution in [0.3, 0.4) is 0 Å². The second-order valence-electron chi connectivity index (χ2n) is 8.80. The van der Waals surface area contributed by atoms with Gasteiger partial charge in [0.2, 0.25) is 0 Å². The number of benzene rings is 1. The fraction of sp³-hybridized carbons (Fsp3) is 0.700. The molecule has 0 aliphatic heterocycles. The molecule has 0 amide bonds. The van der Waals surface area contributed by atoms with Gasteiger partial charge < -0.3 is 20.4 Å². The summed E-state index contributed by atoms with van der Waals surface area (Å²) in [5.74, 6) is 1.38. The Labute approximate surface area is 157 Å². The fourth-order valence-corrected chi connectivity index (χ4v) is 5.25. The van der Waals surface area contributed by atoms with E-state index in [1.165, 1.54) is 37.7 Å². The van der Waals surface area contributed by atoms with Gasteiger partial charge in [-0.15, -0.1) is 0 Å². The SMILES string of the molecule is CC(C)c1ccc2c(c1)CCC1C(C)(CN)CCCC21C.O=P(O)(O)O. The van der Waals surface area contributed by atoms with Crippen LogP contribution >= 0.6 is 7.82 Å². The maximum Gasteiger partial charge on any atom is 0.466 e. The van der Waals surface area contributed by atoms with E-state index in [4.69, 9.17) is 25.0 Å². The first-order valence-corrected chi connectivity index (χ1v) is 11.1. The summed E-state index contributed by atoms with van der Waals surface area (Å²) in [6.07, 6.45) is 6.53. The zero-order valence-electron chi connectivity index (χ0n) is 16.4. The van der Waals surface area contributed by atoms with Crippen molar-refractivity contribution < 1.29 is 19.2 Å². The summed E-state index contributed by atoms with van der Waals surface area (Å²) in [6, 6.07) is 7.29. The largest absolute Gasteiger partial charge is 0.466 e. The average molecular weight is 383 g/mol. The van der Waals surface area contributed by atoms with Gasteiger partial charge >= 0.3 is 7.82 Å². The van der Waals surface area contributed by atoms with Crippen LogP contribution < -0.4 is 5.73 Å². The van der Waals surface area contributed by atoms with E-state index < -0.39 is 7.82 Å². The molecule has 3 unspecified atom stereocenters. The van der Waals surface area contributed by atoms with Crippen LogP contribution in [0.15, 0.2) is 18.2 Å². The summed E-state index contributed by atoms with van der Waals surface area (Å²) in [5, 5.41) is 0. The first-order valence-electron chi connectivity index (χ1n) is 9.52. The third-order valence-corrected chi connectivity index (χ3v) is 6.63. The van der Waals surface area contributed by atoms with Crippen molar-refractivity contribution in [3.05, 3.63) is 34.9 Å². The molecule has 6 heteroatoms. The summed E-state index contributed by atoms with van der Waals surface area (Å²) in [6.45, 7) is 10.4. The maximum absolute atomic E-state index is 8.88. The molecule has 0 saturated heterocycles. The second-order valence-corrected chi connectivity index (χ2v) is 9.83. The highest BCUT2D eigenvalue weighted by Crippen LogP contribution is 2.56. The molecule has 26 heavy (non-hydrogen) atoms. The van der Waals surface area contributed by atoms with Gasteiger partial charge in [-0.25, -0.2) is 4.57 Å². The summed E-state index contributed by atoms with van der Waals surface area (Å²) >= 11 is 0. The van der Waals surface area contributed by atoms with Gasteiger partial charge in [0.05, 0.1) is 0 Å². The smallest absolute Gasteiger partial charge is 0.330 e. The Bertz CT molecular complexity index is 678. The first-order chi connectivity index (χ1) is 11.9. The normalized spacial score (nSPS) is 30.9. The van der Waals surface area contributed by atoms with Crippen molar-refractivity contribution in [2.24, 2.45) is 17.1 Å². The van der Waals surface area contributed by atoms with Crippen molar-refractivity contribution in [3.63, 3.8) is 0 Å². The number of phosphoric acid groups is 1. The Morgan fingerprint density at radius 1 is 1.23 bits per heavy atom. The molecule has 1 fully saturated rings. The number of aryl methyl sites for hydroxylation is 1. The first kappa shape index (κ1) is 21.6. The third kappa shape index (κ3) is 4.58. The minimum Gasteiger partial charge on any atom is -0.330 e. The minimum absolute atomic E-state index is 0.335. The molecular weight excluding hydrogens is 349 g/mol. The van der Waals surface area contributed by atoms with Gasteiger partial charge in [-0.05, 0) is 71.6 Å². The molecule has 0 bridgehead atoms. The molecule has 1 aromatic carbocycles. The van der Waals surface area contributed by atoms with Crippen molar-refractivity contribution >= 4 is 7.82 Å². The number of hydrogen-bond donors (Lipinski definition) is 4. The standard InChI is InChI=1S/C20H31N.H3O4P/c1-14(2)15-6-8-17-16(12-15)7-9-18-19(3,13-21)10-5-11-20(17,18)4;1-5(2,3)4/h6,8,12,14,18H,5,7,9-11,13,21H2,1-4H3;(H3,1,2,3,4). The van der Waals surface area contributed by atoms with Crippen LogP contribution in [-0.2, 0) is 16.4 Å². The quantitative estimate of drug-likeness (QED) is 0.581. The number of rotatable bonds is 2. The van der Waals surface area contributed by atoms with Crippen LogP contribution in [0.25, 0.3) is 0 Å². The van der Waals surface area contributed by atoms with E-state index in [0.717, 1.165) is 12.5 Å². The van der Waals surface area contributed by atoms with Crippen LogP contribution in [-0.4, -0.2) is 21.2 Å². The molecule has 5 nitrogen and oxygen atoms in total. The van der Waals surface area contributed by atoms with Gasteiger partial charge in [0.15, 0.2) is 0 Å². The van der Waals surface area contributed by atoms with Gasteiger partial charge in [-0.1, -0.05) is 52.3 Å². The summed E-state index contributed by atoms with van der Waals surface area (Å²) in [4.78, 5) is 21.6. The van der Waals surface area contributed by atoms with Crippen LogP contribution in [0, 0.1) is 11.3 Å². The summed E-state index contributed by atoms with van der Waals surface area (Å²) in [7, 11) is -4.64. The molecule has 2 aliphatic rings. The van der Waals surface area contributed by atoms with Crippen LogP contribution in [0.2, 0.25) is 0 Å². The lowest BCUT2D eigenvalue weighted by Crippen LogP contribution is -2.51. The van der Waals surface area contributed by atoms with Gasteiger partial charge in [0.25, 0.3) is 0 Å². The summed E-state index contributed by atoms with van der Waals surface area (Å²) < 4.78 is 8.88. The fourth-order valence-electron chi connectivity index (χ4n) is 5.25. The molecule has 1 aromatic rings. The Kier molecular flexibility index (Phi) is 6.42. The lowest BCUT2D eigenvalue weighted by Gasteiger charge is -2.55. The van der Waals surface area contributed by atoms with Crippen molar-refractivity contribution in [2.75, 3.05) is 6.54 Å². The lowest BCUT2D eigenvalue weighted by atomic mass is 9.50. The van der Waals surface area contributed by atoms with Crippen LogP contribution in [0.4, 0.5) is 0 Å². The zero-order valence-corrected chi connectivity index (χ0v) is 17.3. The number of nitrogens with two attached hydrogens (primary N) is 1. The monoisotopic (exact) mass is 383 g/mol. The molecule has 5 N–H and O–H groups in total. The van der Waals surface area contributed by atoms with Gasteiger partial charge in [0.1, 0.15) is 0 Å². The highest BCUT2D eigenvalue weighted by molar-refractivity contribution is 7.45. The highest BCUT2D eigenvalue weighted by atomic mass is 31.2. The third-order valence-electron chi connectivity index (χ3n) is 6.63. The molecule has 148 valence electrons. The van der Waals surface area contributed by atoms with E-state index in [-0.39, 0.29) is 0 Å². The summed E-state index contributed by atoms with van der Waals surface area (Å²) in [5.41, 5.74) is 11.6. The van der Waals surface area contributed by atoms with Gasteiger partial charge in [-0.3, -0.25) is 0 Å². The molecule has 3 rings (SSSR count). The lowest BCUT2D eigenvalue weighted by molar-refractivity contribution is 0.0326. The Morgan fingerprint density at radius 3 is 2.38 bits per heavy atom. The Morgan fingerprint density at radius 2 is 1.85 bits per heavy atom. The molecule has 1 saturated carbocycles. The maximum atomic E-state index is 8.88. The molecule has 0 aromatic heterocycles. The predicted molar refractivity (Wildman–Crippen MR) is 105 cm³/mol. The van der Waals surface area contributed by atoms with Crippen LogP contribution in [0.5, 0.6) is 0 Å². The minimum atomic E-state index is -4.64. The molecule has 3 atom stereocenters. The zero-order chi connectivity index (χ0) is 19.8. The van der Waals surface area contributed by atoms with E-state index in [1.54, 1.807) is 11.1 Å². The van der Waals surface area contributed by atoms with Crippen molar-refractivity contribution in [1.82, 2.24) is 0 Å². The number of hydrogen-bond acceptors (Lipinski definition) is 2. The number of fused-ring (bicyclic) bond motifs is 3. The van der Waals surface area contributed by atoms with Crippen molar-refractivity contribution in [2.45, 2.75) is 71.1 Å². The topological polar surface area (TPSA) is 104 Å². The van der Waals surface area contributed by atoms with Crippen molar-refractivity contribution in [3.8, 4) is 0 Å². The van der Waals surface area contributed by atoms with E-state index in [2.05, 4.69) is 45.9 Å². The van der Waals surface area contributed by atoms with Crippen molar-refractivity contribution in [1.29, 1.82) is 0 Å². The molecule has 0 spiro atoms. The van der Waals surface area contributed by atoms with E-state index >= 15 is 0 Å².